The quantitative estimate of drug-likeness (QED) is 0.499. The Kier molecular flexibility index (Phi) is 5.90. The van der Waals surface area contributed by atoms with Crippen molar-refractivity contribution in [3.8, 4) is 5.75 Å². The van der Waals surface area contributed by atoms with Gasteiger partial charge in [0.2, 0.25) is 0 Å². The number of benzene rings is 3. The second-order valence-electron chi connectivity index (χ2n) is 7.02. The standard InChI is InChI=1S/C25H23N3O2/c1-28-16-15-26-24(28)23(20-11-6-3-7-12-20)27-25(29)21-13-8-14-22(17-21)30-18-19-9-4-2-5-10-19/h2-17,23H,18H2,1H3,(H,27,29)/t23-/m0/s1. The lowest BCUT2D eigenvalue weighted by Gasteiger charge is -2.19. The first kappa shape index (κ1) is 19.5. The van der Waals surface area contributed by atoms with E-state index >= 15 is 0 Å². The smallest absolute Gasteiger partial charge is 0.252 e. The van der Waals surface area contributed by atoms with Gasteiger partial charge in [0.25, 0.3) is 5.91 Å². The molecule has 0 radical (unpaired) electrons. The van der Waals surface area contributed by atoms with Gasteiger partial charge in [-0.1, -0.05) is 66.7 Å². The van der Waals surface area contributed by atoms with Gasteiger partial charge in [-0.05, 0) is 29.3 Å². The highest BCUT2D eigenvalue weighted by Gasteiger charge is 2.21. The molecule has 150 valence electrons. The van der Waals surface area contributed by atoms with Crippen LogP contribution in [0, 0.1) is 0 Å². The fraction of sp³-hybridized carbons (Fsp3) is 0.120. The molecule has 1 aromatic heterocycles. The molecule has 1 amide bonds. The molecule has 0 spiro atoms. The molecular formula is C25H23N3O2. The van der Waals surface area contributed by atoms with Gasteiger partial charge in [-0.2, -0.15) is 0 Å². The first-order valence-electron chi connectivity index (χ1n) is 9.80. The third-order valence-corrected chi connectivity index (χ3v) is 4.87. The summed E-state index contributed by atoms with van der Waals surface area (Å²) >= 11 is 0. The third kappa shape index (κ3) is 4.58. The van der Waals surface area contributed by atoms with E-state index in [0.717, 1.165) is 17.0 Å². The van der Waals surface area contributed by atoms with Crippen LogP contribution in [-0.2, 0) is 13.7 Å². The van der Waals surface area contributed by atoms with Crippen LogP contribution in [0.1, 0.15) is 33.4 Å². The second-order valence-corrected chi connectivity index (χ2v) is 7.02. The van der Waals surface area contributed by atoms with Crippen molar-refractivity contribution in [1.82, 2.24) is 14.9 Å². The van der Waals surface area contributed by atoms with E-state index in [-0.39, 0.29) is 11.9 Å². The van der Waals surface area contributed by atoms with E-state index in [2.05, 4.69) is 10.3 Å². The zero-order valence-electron chi connectivity index (χ0n) is 16.7. The Labute approximate surface area is 176 Å². The molecule has 0 aliphatic carbocycles. The van der Waals surface area contributed by atoms with E-state index < -0.39 is 0 Å². The molecular weight excluding hydrogens is 374 g/mol. The van der Waals surface area contributed by atoms with Crippen LogP contribution < -0.4 is 10.1 Å². The third-order valence-electron chi connectivity index (χ3n) is 4.87. The van der Waals surface area contributed by atoms with Crippen molar-refractivity contribution >= 4 is 5.91 Å². The van der Waals surface area contributed by atoms with E-state index in [1.165, 1.54) is 0 Å². The van der Waals surface area contributed by atoms with Gasteiger partial charge >= 0.3 is 0 Å². The number of ether oxygens (including phenoxy) is 1. The molecule has 0 fully saturated rings. The molecule has 1 atom stereocenters. The largest absolute Gasteiger partial charge is 0.489 e. The van der Waals surface area contributed by atoms with Crippen LogP contribution in [0.3, 0.4) is 0 Å². The number of imidazole rings is 1. The van der Waals surface area contributed by atoms with Gasteiger partial charge < -0.3 is 14.6 Å². The van der Waals surface area contributed by atoms with Gasteiger partial charge in [0.1, 0.15) is 24.2 Å². The highest BCUT2D eigenvalue weighted by Crippen LogP contribution is 2.22. The van der Waals surface area contributed by atoms with Crippen LogP contribution in [0.4, 0.5) is 0 Å². The van der Waals surface area contributed by atoms with Gasteiger partial charge in [-0.15, -0.1) is 0 Å². The number of carbonyl (C=O) groups excluding carboxylic acids is 1. The fourth-order valence-electron chi connectivity index (χ4n) is 3.28. The lowest BCUT2D eigenvalue weighted by Crippen LogP contribution is -2.31. The summed E-state index contributed by atoms with van der Waals surface area (Å²) in [7, 11) is 1.92. The maximum Gasteiger partial charge on any atom is 0.252 e. The summed E-state index contributed by atoms with van der Waals surface area (Å²) < 4.78 is 7.78. The monoisotopic (exact) mass is 397 g/mol. The summed E-state index contributed by atoms with van der Waals surface area (Å²) in [6.07, 6.45) is 3.60. The van der Waals surface area contributed by atoms with Crippen LogP contribution in [0.2, 0.25) is 0 Å². The Morgan fingerprint density at radius 2 is 1.73 bits per heavy atom. The van der Waals surface area contributed by atoms with Crippen molar-refractivity contribution in [3.63, 3.8) is 0 Å². The molecule has 5 nitrogen and oxygen atoms in total. The fourth-order valence-corrected chi connectivity index (χ4v) is 3.28. The zero-order chi connectivity index (χ0) is 20.8. The van der Waals surface area contributed by atoms with E-state index in [1.807, 2.05) is 90.6 Å². The number of rotatable bonds is 7. The second kappa shape index (κ2) is 9.09. The van der Waals surface area contributed by atoms with Gasteiger partial charge in [0.15, 0.2) is 0 Å². The molecule has 30 heavy (non-hydrogen) atoms. The van der Waals surface area contributed by atoms with Gasteiger partial charge in [0.05, 0.1) is 0 Å². The van der Waals surface area contributed by atoms with Gasteiger partial charge in [0, 0.05) is 25.0 Å². The Morgan fingerprint density at radius 1 is 1.00 bits per heavy atom. The van der Waals surface area contributed by atoms with Crippen LogP contribution in [0.15, 0.2) is 97.3 Å². The summed E-state index contributed by atoms with van der Waals surface area (Å²) in [6.45, 7) is 0.450. The summed E-state index contributed by atoms with van der Waals surface area (Å²) in [5.74, 6) is 1.24. The first-order valence-corrected chi connectivity index (χ1v) is 9.80. The van der Waals surface area contributed by atoms with E-state index in [1.54, 1.807) is 18.3 Å². The maximum atomic E-state index is 13.1. The van der Waals surface area contributed by atoms with Crippen LogP contribution in [-0.4, -0.2) is 15.5 Å². The van der Waals surface area contributed by atoms with Crippen LogP contribution in [0.5, 0.6) is 5.75 Å². The van der Waals surface area contributed by atoms with Crippen molar-refractivity contribution in [1.29, 1.82) is 0 Å². The molecule has 5 heteroatoms. The minimum Gasteiger partial charge on any atom is -0.489 e. The number of nitrogens with one attached hydrogen (secondary N) is 1. The molecule has 0 bridgehead atoms. The van der Waals surface area contributed by atoms with Crippen molar-refractivity contribution in [2.45, 2.75) is 12.6 Å². The topological polar surface area (TPSA) is 56.2 Å². The normalized spacial score (nSPS) is 11.6. The van der Waals surface area contributed by atoms with Crippen LogP contribution in [0.25, 0.3) is 0 Å². The number of amides is 1. The highest BCUT2D eigenvalue weighted by atomic mass is 16.5. The molecule has 0 aliphatic heterocycles. The summed E-state index contributed by atoms with van der Waals surface area (Å²) in [5, 5.41) is 3.12. The summed E-state index contributed by atoms with van der Waals surface area (Å²) in [4.78, 5) is 17.5. The lowest BCUT2D eigenvalue weighted by atomic mass is 10.1. The van der Waals surface area contributed by atoms with Crippen molar-refractivity contribution in [2.75, 3.05) is 0 Å². The number of carbonyl (C=O) groups is 1. The predicted molar refractivity (Wildman–Crippen MR) is 116 cm³/mol. The molecule has 3 aromatic carbocycles. The molecule has 0 saturated heterocycles. The molecule has 0 aliphatic rings. The SMILES string of the molecule is Cn1ccnc1[C@@H](NC(=O)c1cccc(OCc2ccccc2)c1)c1ccccc1. The average Bonchev–Trinajstić information content (AvgIpc) is 3.23. The van der Waals surface area contributed by atoms with Crippen molar-refractivity contribution in [2.24, 2.45) is 7.05 Å². The summed E-state index contributed by atoms with van der Waals surface area (Å²) in [6, 6.07) is 26.6. The van der Waals surface area contributed by atoms with Gasteiger partial charge in [-0.25, -0.2) is 4.98 Å². The summed E-state index contributed by atoms with van der Waals surface area (Å²) in [5.41, 5.74) is 2.58. The minimum atomic E-state index is -0.354. The number of aryl methyl sites for hydroxylation is 1. The Morgan fingerprint density at radius 3 is 2.43 bits per heavy atom. The van der Waals surface area contributed by atoms with Crippen LogP contribution >= 0.6 is 0 Å². The van der Waals surface area contributed by atoms with Crippen molar-refractivity contribution < 1.29 is 9.53 Å². The highest BCUT2D eigenvalue weighted by molar-refractivity contribution is 5.95. The number of hydrogen-bond acceptors (Lipinski definition) is 3. The zero-order valence-corrected chi connectivity index (χ0v) is 16.7. The van der Waals surface area contributed by atoms with Crippen molar-refractivity contribution in [3.05, 3.63) is 120 Å². The predicted octanol–water partition coefficient (Wildman–Crippen LogP) is 4.52. The first-order chi connectivity index (χ1) is 14.7. The Hall–Kier alpha value is -3.86. The van der Waals surface area contributed by atoms with E-state index in [9.17, 15) is 4.79 Å². The average molecular weight is 397 g/mol. The molecule has 0 unspecified atom stereocenters. The number of nitrogens with zero attached hydrogens (tertiary/aromatic N) is 2. The molecule has 4 rings (SSSR count). The Bertz CT molecular complexity index is 1110. The number of aromatic nitrogens is 2. The molecule has 4 aromatic rings. The Balaban J connectivity index is 1.52. The molecule has 1 N–H and O–H groups in total. The maximum absolute atomic E-state index is 13.1. The number of hydrogen-bond donors (Lipinski definition) is 1. The lowest BCUT2D eigenvalue weighted by molar-refractivity contribution is 0.0940. The van der Waals surface area contributed by atoms with E-state index in [0.29, 0.717) is 17.9 Å². The molecule has 0 saturated carbocycles. The van der Waals surface area contributed by atoms with Gasteiger partial charge in [-0.3, -0.25) is 4.79 Å². The van der Waals surface area contributed by atoms with E-state index in [4.69, 9.17) is 4.74 Å². The molecule has 1 heterocycles. The minimum absolute atomic E-state index is 0.183.